The van der Waals surface area contributed by atoms with Crippen molar-refractivity contribution >= 4 is 49.8 Å². The number of rotatable bonds is 10. The van der Waals surface area contributed by atoms with Gasteiger partial charge in [-0.15, -0.1) is 10.2 Å². The number of thioether (sulfide) groups is 1. The number of carbonyl (C=O) groups excluding carboxylic acids is 1. The Morgan fingerprint density at radius 1 is 1.24 bits per heavy atom. The third-order valence-corrected chi connectivity index (χ3v) is 6.81. The second-order valence-corrected chi connectivity index (χ2v) is 11.1. The largest absolute Gasteiger partial charge is 0.494 e. The van der Waals surface area contributed by atoms with Crippen molar-refractivity contribution in [1.82, 2.24) is 10.2 Å². The molecule has 0 spiro atoms. The summed E-state index contributed by atoms with van der Waals surface area (Å²) in [6.07, 6.45) is 1.38. The van der Waals surface area contributed by atoms with E-state index in [1.54, 1.807) is 43.0 Å². The van der Waals surface area contributed by atoms with Crippen molar-refractivity contribution in [3.63, 3.8) is 0 Å². The minimum absolute atomic E-state index is 0.290. The maximum absolute atomic E-state index is 12.9. The number of nitrogens with one attached hydrogen (secondary N) is 1. The molecule has 0 fully saturated rings. The van der Waals surface area contributed by atoms with E-state index in [2.05, 4.69) is 15.5 Å². The van der Waals surface area contributed by atoms with Gasteiger partial charge in [0.2, 0.25) is 21.1 Å². The first-order valence-electron chi connectivity index (χ1n) is 9.19. The molecular formula is C18H26N4O4S3. The van der Waals surface area contributed by atoms with E-state index in [9.17, 15) is 13.2 Å². The Balaban J connectivity index is 2.26. The Hall–Kier alpha value is -1.85. The van der Waals surface area contributed by atoms with E-state index >= 15 is 0 Å². The van der Waals surface area contributed by atoms with Gasteiger partial charge in [0, 0.05) is 5.25 Å². The zero-order valence-electron chi connectivity index (χ0n) is 17.1. The fraction of sp³-hybridized carbons (Fsp3) is 0.500. The SMILES string of the molecule is CCOc1ccc(N([C@@H](CC)C(=O)Nc2nnc(SC(C)C)s2)S(C)(=O)=O)cc1. The fourth-order valence-electron chi connectivity index (χ4n) is 2.61. The number of carbonyl (C=O) groups is 1. The molecule has 0 aliphatic heterocycles. The molecule has 8 nitrogen and oxygen atoms in total. The van der Waals surface area contributed by atoms with Gasteiger partial charge < -0.3 is 4.74 Å². The van der Waals surface area contributed by atoms with Crippen LogP contribution in [-0.4, -0.2) is 48.7 Å². The molecule has 1 atom stereocenters. The first kappa shape index (κ1) is 23.4. The van der Waals surface area contributed by atoms with Gasteiger partial charge in [-0.2, -0.15) is 0 Å². The second kappa shape index (κ2) is 10.3. The lowest BCUT2D eigenvalue weighted by molar-refractivity contribution is -0.117. The minimum atomic E-state index is -3.71. The van der Waals surface area contributed by atoms with Gasteiger partial charge in [0.15, 0.2) is 4.34 Å². The Kier molecular flexibility index (Phi) is 8.29. The molecule has 11 heteroatoms. The lowest BCUT2D eigenvalue weighted by Gasteiger charge is -2.29. The monoisotopic (exact) mass is 458 g/mol. The third-order valence-electron chi connectivity index (χ3n) is 3.71. The molecule has 1 N–H and O–H groups in total. The van der Waals surface area contributed by atoms with Crippen LogP contribution in [0, 0.1) is 0 Å². The number of aromatic nitrogens is 2. The van der Waals surface area contributed by atoms with E-state index in [4.69, 9.17) is 4.74 Å². The number of ether oxygens (including phenoxy) is 1. The first-order valence-corrected chi connectivity index (χ1v) is 12.7. The highest BCUT2D eigenvalue weighted by atomic mass is 32.2. The van der Waals surface area contributed by atoms with Gasteiger partial charge >= 0.3 is 0 Å². The number of benzene rings is 1. The van der Waals surface area contributed by atoms with Gasteiger partial charge in [-0.3, -0.25) is 14.4 Å². The standard InChI is InChI=1S/C18H26N4O4S3/c1-6-15(16(23)19-17-20-21-18(28-17)27-12(3)4)22(29(5,24)25)13-8-10-14(11-9-13)26-7-2/h8-12,15H,6-7H2,1-5H3,(H,19,20,23)/t15-/m0/s1. The van der Waals surface area contributed by atoms with Crippen molar-refractivity contribution in [2.45, 2.75) is 49.7 Å². The van der Waals surface area contributed by atoms with Gasteiger partial charge in [-0.25, -0.2) is 8.42 Å². The summed E-state index contributed by atoms with van der Waals surface area (Å²) >= 11 is 2.81. The van der Waals surface area contributed by atoms with Crippen LogP contribution in [0.15, 0.2) is 28.6 Å². The van der Waals surface area contributed by atoms with Crippen LogP contribution in [0.5, 0.6) is 5.75 Å². The number of sulfonamides is 1. The maximum atomic E-state index is 12.9. The predicted octanol–water partition coefficient (Wildman–Crippen LogP) is 3.62. The van der Waals surface area contributed by atoms with Crippen molar-refractivity contribution < 1.29 is 17.9 Å². The first-order chi connectivity index (χ1) is 13.7. The molecule has 1 aromatic carbocycles. The smallest absolute Gasteiger partial charge is 0.250 e. The van der Waals surface area contributed by atoms with Gasteiger partial charge in [0.05, 0.1) is 18.6 Å². The van der Waals surface area contributed by atoms with E-state index in [0.29, 0.717) is 34.8 Å². The van der Waals surface area contributed by atoms with Crippen molar-refractivity contribution in [2.75, 3.05) is 22.5 Å². The van der Waals surface area contributed by atoms with Gasteiger partial charge in [0.25, 0.3) is 0 Å². The Bertz CT molecular complexity index is 913. The zero-order valence-corrected chi connectivity index (χ0v) is 19.5. The zero-order chi connectivity index (χ0) is 21.6. The summed E-state index contributed by atoms with van der Waals surface area (Å²) in [5.74, 6) is 0.176. The molecule has 0 saturated carbocycles. The van der Waals surface area contributed by atoms with Crippen LogP contribution in [0.2, 0.25) is 0 Å². The van der Waals surface area contributed by atoms with E-state index in [1.807, 2.05) is 20.8 Å². The molecule has 29 heavy (non-hydrogen) atoms. The predicted molar refractivity (Wildman–Crippen MR) is 119 cm³/mol. The molecule has 160 valence electrons. The van der Waals surface area contributed by atoms with Crippen molar-refractivity contribution in [3.8, 4) is 5.75 Å². The molecule has 2 aromatic rings. The number of hydrogen-bond acceptors (Lipinski definition) is 8. The number of anilines is 2. The molecule has 0 aliphatic carbocycles. The van der Waals surface area contributed by atoms with E-state index in [0.717, 1.165) is 14.9 Å². The molecule has 2 rings (SSSR count). The van der Waals surface area contributed by atoms with Crippen LogP contribution < -0.4 is 14.4 Å². The van der Waals surface area contributed by atoms with Crippen LogP contribution in [0.4, 0.5) is 10.8 Å². The van der Waals surface area contributed by atoms with Crippen LogP contribution in [0.25, 0.3) is 0 Å². The molecular weight excluding hydrogens is 432 g/mol. The van der Waals surface area contributed by atoms with Crippen LogP contribution in [0.1, 0.15) is 34.1 Å². The molecule has 0 bridgehead atoms. The lowest BCUT2D eigenvalue weighted by Crippen LogP contribution is -2.47. The Morgan fingerprint density at radius 2 is 1.90 bits per heavy atom. The van der Waals surface area contributed by atoms with Crippen molar-refractivity contribution in [1.29, 1.82) is 0 Å². The lowest BCUT2D eigenvalue weighted by atomic mass is 10.2. The molecule has 0 unspecified atom stereocenters. The molecule has 1 heterocycles. The van der Waals surface area contributed by atoms with E-state index in [-0.39, 0.29) is 0 Å². The Morgan fingerprint density at radius 3 is 2.41 bits per heavy atom. The molecule has 0 radical (unpaired) electrons. The molecule has 1 aromatic heterocycles. The summed E-state index contributed by atoms with van der Waals surface area (Å²) in [6, 6.07) is 5.70. The van der Waals surface area contributed by atoms with Crippen molar-refractivity contribution in [3.05, 3.63) is 24.3 Å². The van der Waals surface area contributed by atoms with E-state index in [1.165, 1.54) is 11.3 Å². The molecule has 0 aliphatic rings. The highest BCUT2D eigenvalue weighted by molar-refractivity contribution is 8.01. The summed E-state index contributed by atoms with van der Waals surface area (Å²) < 4.78 is 32.3. The van der Waals surface area contributed by atoms with Gasteiger partial charge in [-0.05, 0) is 37.6 Å². The highest BCUT2D eigenvalue weighted by Gasteiger charge is 2.32. The van der Waals surface area contributed by atoms with E-state index < -0.39 is 22.0 Å². The highest BCUT2D eigenvalue weighted by Crippen LogP contribution is 2.30. The van der Waals surface area contributed by atoms with Crippen LogP contribution >= 0.6 is 23.1 Å². The summed E-state index contributed by atoms with van der Waals surface area (Å²) in [7, 11) is -3.71. The third kappa shape index (κ3) is 6.58. The Labute approximate surface area is 180 Å². The molecule has 1 amide bonds. The summed E-state index contributed by atoms with van der Waals surface area (Å²) in [4.78, 5) is 12.9. The van der Waals surface area contributed by atoms with Crippen molar-refractivity contribution in [2.24, 2.45) is 0 Å². The summed E-state index contributed by atoms with van der Waals surface area (Å²) in [5.41, 5.74) is 0.395. The average molecular weight is 459 g/mol. The normalized spacial score (nSPS) is 12.6. The second-order valence-electron chi connectivity index (χ2n) is 6.44. The minimum Gasteiger partial charge on any atom is -0.494 e. The van der Waals surface area contributed by atoms with Crippen LogP contribution in [-0.2, 0) is 14.8 Å². The maximum Gasteiger partial charge on any atom is 0.250 e. The van der Waals surface area contributed by atoms with Crippen LogP contribution in [0.3, 0.4) is 0 Å². The quantitative estimate of drug-likeness (QED) is 0.428. The number of hydrogen-bond donors (Lipinski definition) is 1. The number of nitrogens with zero attached hydrogens (tertiary/aromatic N) is 3. The topological polar surface area (TPSA) is 101 Å². The summed E-state index contributed by atoms with van der Waals surface area (Å²) in [6.45, 7) is 8.22. The molecule has 0 saturated heterocycles. The van der Waals surface area contributed by atoms with Gasteiger partial charge in [-0.1, -0.05) is 43.9 Å². The summed E-state index contributed by atoms with van der Waals surface area (Å²) in [5, 5.41) is 11.4. The van der Waals surface area contributed by atoms with Gasteiger partial charge in [0.1, 0.15) is 11.8 Å². The fourth-order valence-corrected chi connectivity index (χ4v) is 5.80. The average Bonchev–Trinajstić information content (AvgIpc) is 3.05. The number of amides is 1.